The summed E-state index contributed by atoms with van der Waals surface area (Å²) < 4.78 is 1.98. The van der Waals surface area contributed by atoms with E-state index in [0.29, 0.717) is 20.3 Å². The van der Waals surface area contributed by atoms with E-state index >= 15 is 0 Å². The van der Waals surface area contributed by atoms with Gasteiger partial charge >= 0.3 is 0 Å². The Morgan fingerprint density at radius 1 is 1.12 bits per heavy atom. The van der Waals surface area contributed by atoms with Gasteiger partial charge < -0.3 is 0 Å². The normalized spacial score (nSPS) is 12.2. The van der Waals surface area contributed by atoms with Gasteiger partial charge in [0, 0.05) is 15.5 Å². The summed E-state index contributed by atoms with van der Waals surface area (Å²) in [5.41, 5.74) is 1.66. The van der Waals surface area contributed by atoms with Crippen molar-refractivity contribution in [2.45, 2.75) is 4.90 Å². The molecule has 0 aliphatic rings. The van der Waals surface area contributed by atoms with Gasteiger partial charge in [-0.25, -0.2) is 0 Å². The molecule has 124 valence electrons. The zero-order valence-corrected chi connectivity index (χ0v) is 15.5. The van der Waals surface area contributed by atoms with Gasteiger partial charge in [-0.2, -0.15) is 9.50 Å². The summed E-state index contributed by atoms with van der Waals surface area (Å²) >= 11 is 8.92. The maximum Gasteiger partial charge on any atom is 0.291 e. The number of halogens is 1. The van der Waals surface area contributed by atoms with Crippen molar-refractivity contribution >= 4 is 45.7 Å². The molecule has 4 nitrogen and oxygen atoms in total. The van der Waals surface area contributed by atoms with Gasteiger partial charge in [-0.3, -0.25) is 4.79 Å². The summed E-state index contributed by atoms with van der Waals surface area (Å²) in [6.07, 6.45) is 3.90. The van der Waals surface area contributed by atoms with E-state index in [2.05, 4.69) is 10.1 Å². The summed E-state index contributed by atoms with van der Waals surface area (Å²) in [5.74, 6) is 0.524. The molecule has 2 heterocycles. The van der Waals surface area contributed by atoms with E-state index in [1.165, 1.54) is 20.7 Å². The van der Waals surface area contributed by atoms with Gasteiger partial charge in [-0.1, -0.05) is 35.1 Å². The quantitative estimate of drug-likeness (QED) is 0.504. The molecule has 0 atom stereocenters. The Morgan fingerprint density at radius 2 is 1.84 bits per heavy atom. The first-order valence-electron chi connectivity index (χ1n) is 7.45. The van der Waals surface area contributed by atoms with Gasteiger partial charge in [0.25, 0.3) is 5.56 Å². The van der Waals surface area contributed by atoms with Crippen molar-refractivity contribution in [3.05, 3.63) is 74.0 Å². The third-order valence-corrected chi connectivity index (χ3v) is 5.65. The number of fused-ring (bicyclic) bond motifs is 1. The molecule has 0 fully saturated rings. The Labute approximate surface area is 156 Å². The van der Waals surface area contributed by atoms with E-state index < -0.39 is 0 Å². The van der Waals surface area contributed by atoms with Crippen LogP contribution in [0.3, 0.4) is 0 Å². The van der Waals surface area contributed by atoms with Crippen LogP contribution in [0.25, 0.3) is 22.4 Å². The van der Waals surface area contributed by atoms with Crippen molar-refractivity contribution in [1.29, 1.82) is 0 Å². The van der Waals surface area contributed by atoms with E-state index in [1.54, 1.807) is 23.9 Å². The molecule has 0 unspecified atom stereocenters. The van der Waals surface area contributed by atoms with E-state index in [0.717, 1.165) is 11.1 Å². The largest absolute Gasteiger partial charge is 0.291 e. The average Bonchev–Trinajstić information content (AvgIpc) is 3.16. The standard InChI is InChI=1S/C18H12ClN3OS2/c1-24-14-8-2-11(3-9-14)10-15-17(23)22-18(25-15)20-16(21-22)12-4-6-13(19)7-5-12/h2-10H,1H3. The summed E-state index contributed by atoms with van der Waals surface area (Å²) in [6.45, 7) is 0. The Kier molecular flexibility index (Phi) is 4.33. The molecule has 2 aromatic heterocycles. The lowest BCUT2D eigenvalue weighted by Crippen LogP contribution is -2.23. The van der Waals surface area contributed by atoms with Crippen molar-refractivity contribution in [2.24, 2.45) is 0 Å². The lowest BCUT2D eigenvalue weighted by atomic mass is 10.2. The highest BCUT2D eigenvalue weighted by Crippen LogP contribution is 2.19. The second-order valence-electron chi connectivity index (χ2n) is 5.33. The minimum Gasteiger partial charge on any atom is -0.266 e. The maximum absolute atomic E-state index is 12.6. The number of hydrogen-bond acceptors (Lipinski definition) is 5. The Morgan fingerprint density at radius 3 is 2.48 bits per heavy atom. The van der Waals surface area contributed by atoms with Crippen LogP contribution in [0.1, 0.15) is 5.56 Å². The SMILES string of the molecule is CSc1ccc(C=c2sc3nc(-c4ccc(Cl)cc4)nn3c2=O)cc1. The first-order chi connectivity index (χ1) is 12.1. The number of benzene rings is 2. The van der Waals surface area contributed by atoms with Gasteiger partial charge in [0.15, 0.2) is 5.82 Å². The van der Waals surface area contributed by atoms with Crippen molar-refractivity contribution in [3.63, 3.8) is 0 Å². The van der Waals surface area contributed by atoms with Crippen LogP contribution in [0.2, 0.25) is 5.02 Å². The second-order valence-corrected chi connectivity index (χ2v) is 7.65. The van der Waals surface area contributed by atoms with Crippen molar-refractivity contribution in [2.75, 3.05) is 6.26 Å². The number of rotatable bonds is 3. The molecule has 0 spiro atoms. The molecule has 7 heteroatoms. The Balaban J connectivity index is 1.76. The molecular weight excluding hydrogens is 374 g/mol. The molecule has 2 aromatic carbocycles. The molecular formula is C18H12ClN3OS2. The van der Waals surface area contributed by atoms with Gasteiger partial charge in [0.1, 0.15) is 0 Å². The highest BCUT2D eigenvalue weighted by molar-refractivity contribution is 7.98. The first-order valence-corrected chi connectivity index (χ1v) is 9.87. The third-order valence-electron chi connectivity index (χ3n) is 3.70. The Hall–Kier alpha value is -2.15. The molecule has 0 amide bonds. The van der Waals surface area contributed by atoms with Crippen molar-refractivity contribution in [1.82, 2.24) is 14.6 Å². The van der Waals surface area contributed by atoms with Gasteiger partial charge in [-0.05, 0) is 54.3 Å². The fourth-order valence-electron chi connectivity index (χ4n) is 2.41. The minimum atomic E-state index is -0.151. The molecule has 0 N–H and O–H groups in total. The van der Waals surface area contributed by atoms with Crippen LogP contribution in [-0.4, -0.2) is 20.9 Å². The van der Waals surface area contributed by atoms with Gasteiger partial charge in [0.2, 0.25) is 4.96 Å². The van der Waals surface area contributed by atoms with Gasteiger partial charge in [0.05, 0.1) is 4.53 Å². The summed E-state index contributed by atoms with van der Waals surface area (Å²) in [6, 6.07) is 15.3. The van der Waals surface area contributed by atoms with Crippen LogP contribution in [-0.2, 0) is 0 Å². The van der Waals surface area contributed by atoms with Crippen LogP contribution in [0.5, 0.6) is 0 Å². The van der Waals surface area contributed by atoms with Crippen molar-refractivity contribution < 1.29 is 0 Å². The smallest absolute Gasteiger partial charge is 0.266 e. The molecule has 4 rings (SSSR count). The highest BCUT2D eigenvalue weighted by Gasteiger charge is 2.11. The molecule has 0 saturated carbocycles. The van der Waals surface area contributed by atoms with Crippen LogP contribution in [0.4, 0.5) is 0 Å². The van der Waals surface area contributed by atoms with Crippen molar-refractivity contribution in [3.8, 4) is 11.4 Å². The lowest BCUT2D eigenvalue weighted by molar-refractivity contribution is 0.937. The number of hydrogen-bond donors (Lipinski definition) is 0. The molecule has 0 aliphatic heterocycles. The zero-order chi connectivity index (χ0) is 17.4. The molecule has 0 bridgehead atoms. The highest BCUT2D eigenvalue weighted by atomic mass is 35.5. The van der Waals surface area contributed by atoms with Crippen LogP contribution < -0.4 is 10.1 Å². The maximum atomic E-state index is 12.6. The predicted molar refractivity (Wildman–Crippen MR) is 105 cm³/mol. The second kappa shape index (κ2) is 6.63. The molecule has 25 heavy (non-hydrogen) atoms. The molecule has 0 aliphatic carbocycles. The van der Waals surface area contributed by atoms with Crippen LogP contribution >= 0.6 is 34.7 Å². The van der Waals surface area contributed by atoms with Crippen LogP contribution in [0.15, 0.2) is 58.2 Å². The van der Waals surface area contributed by atoms with E-state index in [-0.39, 0.29) is 5.56 Å². The first kappa shape index (κ1) is 16.3. The van der Waals surface area contributed by atoms with Gasteiger partial charge in [-0.15, -0.1) is 16.9 Å². The Bertz CT molecular complexity index is 1150. The van der Waals surface area contributed by atoms with Crippen LogP contribution in [0, 0.1) is 0 Å². The minimum absolute atomic E-state index is 0.151. The fourth-order valence-corrected chi connectivity index (χ4v) is 3.85. The number of thiazole rings is 1. The number of thioether (sulfide) groups is 1. The van der Waals surface area contributed by atoms with E-state index in [9.17, 15) is 4.79 Å². The predicted octanol–water partition coefficient (Wildman–Crippen LogP) is 3.74. The third kappa shape index (κ3) is 3.20. The molecule has 0 radical (unpaired) electrons. The fraction of sp³-hybridized carbons (Fsp3) is 0.0556. The number of nitrogens with zero attached hydrogens (tertiary/aromatic N) is 3. The summed E-state index contributed by atoms with van der Waals surface area (Å²) in [5, 5.41) is 4.99. The topological polar surface area (TPSA) is 47.3 Å². The van der Waals surface area contributed by atoms with E-state index in [1.807, 2.05) is 48.7 Å². The summed E-state index contributed by atoms with van der Waals surface area (Å²) in [4.78, 5) is 18.8. The molecule has 0 saturated heterocycles. The van der Waals surface area contributed by atoms with E-state index in [4.69, 9.17) is 11.6 Å². The monoisotopic (exact) mass is 385 g/mol. The number of aromatic nitrogens is 3. The average molecular weight is 386 g/mol. The lowest BCUT2D eigenvalue weighted by Gasteiger charge is -1.95. The molecule has 4 aromatic rings. The summed E-state index contributed by atoms with van der Waals surface area (Å²) in [7, 11) is 0. The zero-order valence-electron chi connectivity index (χ0n) is 13.1.